The average molecular weight is 430 g/mol. The Balaban J connectivity index is 4.02. The maximum Gasteiger partial charge on any atom is 0.315 e. The van der Waals surface area contributed by atoms with E-state index >= 15 is 0 Å². The number of hydrogen-bond acceptors (Lipinski definition) is 7. The average Bonchev–Trinajstić information content (AvgIpc) is 2.64. The van der Waals surface area contributed by atoms with E-state index in [0.29, 0.717) is 32.6 Å². The fourth-order valence-electron chi connectivity index (χ4n) is 2.25. The first-order chi connectivity index (χ1) is 13.9. The van der Waals surface area contributed by atoms with Crippen LogP contribution in [0, 0.1) is 5.41 Å². The quantitative estimate of drug-likeness (QED) is 0.302. The van der Waals surface area contributed by atoms with Gasteiger partial charge in [-0.1, -0.05) is 13.8 Å². The Labute approximate surface area is 180 Å². The smallest absolute Gasteiger partial charge is 0.315 e. The van der Waals surface area contributed by atoms with Crippen LogP contribution in [-0.2, 0) is 19.1 Å². The Morgan fingerprint density at radius 2 is 1.50 bits per heavy atom. The molecule has 0 saturated carbocycles. The lowest BCUT2D eigenvalue weighted by atomic mass is 9.84. The van der Waals surface area contributed by atoms with Crippen LogP contribution in [0.3, 0.4) is 0 Å². The lowest BCUT2D eigenvalue weighted by molar-refractivity contribution is -0.135. The van der Waals surface area contributed by atoms with Crippen molar-refractivity contribution in [2.24, 2.45) is 5.41 Å². The van der Waals surface area contributed by atoms with Gasteiger partial charge in [-0.15, -0.1) is 0 Å². The number of ketones is 2. The van der Waals surface area contributed by atoms with Gasteiger partial charge in [-0.25, -0.2) is 4.79 Å². The largest absolute Gasteiger partial charge is 0.364 e. The van der Waals surface area contributed by atoms with E-state index in [0.717, 1.165) is 6.54 Å². The van der Waals surface area contributed by atoms with Crippen molar-refractivity contribution in [3.8, 4) is 0 Å². The number of nitrogens with zero attached hydrogens (tertiary/aromatic N) is 2. The Morgan fingerprint density at radius 3 is 2.10 bits per heavy atom. The van der Waals surface area contributed by atoms with E-state index in [1.54, 1.807) is 0 Å². The number of nitrogens with one attached hydrogen (secondary N) is 3. The summed E-state index contributed by atoms with van der Waals surface area (Å²) < 4.78 is 5.27. The van der Waals surface area contributed by atoms with Gasteiger partial charge in [0.15, 0.2) is 5.78 Å². The molecule has 0 fully saturated rings. The molecule has 0 unspecified atom stereocenters. The molecule has 0 aromatic carbocycles. The minimum Gasteiger partial charge on any atom is -0.364 e. The number of carbonyl (C=O) groups is 4. The van der Waals surface area contributed by atoms with E-state index in [-0.39, 0.29) is 43.3 Å². The highest BCUT2D eigenvalue weighted by Gasteiger charge is 2.27. The fourth-order valence-corrected chi connectivity index (χ4v) is 2.25. The van der Waals surface area contributed by atoms with Crippen molar-refractivity contribution in [3.05, 3.63) is 0 Å². The topological polar surface area (TPSA) is 120 Å². The minimum atomic E-state index is -0.581. The second kappa shape index (κ2) is 14.9. The van der Waals surface area contributed by atoms with Crippen LogP contribution in [0.2, 0.25) is 0 Å². The van der Waals surface area contributed by atoms with Crippen molar-refractivity contribution in [3.63, 3.8) is 0 Å². The molecule has 0 radical (unpaired) electrons. The number of ether oxygens (including phenoxy) is 1. The van der Waals surface area contributed by atoms with E-state index < -0.39 is 5.41 Å². The number of Topliss-reactive ketones (excluding diaryl/α,β-unsaturated/α-hetero) is 2. The number of carbonyl (C=O) groups excluding carboxylic acids is 4. The molecule has 0 aliphatic rings. The van der Waals surface area contributed by atoms with Gasteiger partial charge in [-0.2, -0.15) is 0 Å². The van der Waals surface area contributed by atoms with Gasteiger partial charge in [0.2, 0.25) is 5.91 Å². The third kappa shape index (κ3) is 14.9. The SMILES string of the molecule is CC(=O)CNC(=O)NCCN(C)CCC(C)(C)C(=O)COCC(=O)NCCN(C)C. The molecule has 0 atom stereocenters. The first-order valence-electron chi connectivity index (χ1n) is 10.2. The summed E-state index contributed by atoms with van der Waals surface area (Å²) in [6, 6.07) is -0.378. The second-order valence-electron chi connectivity index (χ2n) is 8.32. The van der Waals surface area contributed by atoms with Crippen LogP contribution >= 0.6 is 0 Å². The molecular weight excluding hydrogens is 390 g/mol. The number of urea groups is 1. The Hall–Kier alpha value is -2.04. The Morgan fingerprint density at radius 1 is 0.867 bits per heavy atom. The lowest BCUT2D eigenvalue weighted by Crippen LogP contribution is -2.41. The predicted octanol–water partition coefficient (Wildman–Crippen LogP) is -0.514. The zero-order valence-electron chi connectivity index (χ0n) is 19.3. The molecule has 0 aliphatic heterocycles. The van der Waals surface area contributed by atoms with Gasteiger partial charge in [0, 0.05) is 31.6 Å². The molecule has 0 spiro atoms. The van der Waals surface area contributed by atoms with Crippen LogP contribution in [0.25, 0.3) is 0 Å². The molecule has 0 aromatic heterocycles. The van der Waals surface area contributed by atoms with Crippen molar-refractivity contribution in [1.29, 1.82) is 0 Å². The zero-order valence-corrected chi connectivity index (χ0v) is 19.3. The Kier molecular flexibility index (Phi) is 13.9. The second-order valence-corrected chi connectivity index (χ2v) is 8.32. The molecule has 0 aliphatic carbocycles. The lowest BCUT2D eigenvalue weighted by Gasteiger charge is -2.26. The van der Waals surface area contributed by atoms with Crippen LogP contribution in [0.4, 0.5) is 4.79 Å². The monoisotopic (exact) mass is 429 g/mol. The summed E-state index contributed by atoms with van der Waals surface area (Å²) in [7, 11) is 5.75. The number of amides is 3. The molecule has 0 aromatic rings. The maximum atomic E-state index is 12.4. The number of hydrogen-bond donors (Lipinski definition) is 3. The van der Waals surface area contributed by atoms with Crippen LogP contribution in [-0.4, -0.2) is 107 Å². The molecular formula is C20H39N5O5. The highest BCUT2D eigenvalue weighted by Crippen LogP contribution is 2.22. The van der Waals surface area contributed by atoms with Gasteiger partial charge in [0.05, 0.1) is 6.54 Å². The van der Waals surface area contributed by atoms with Crippen molar-refractivity contribution >= 4 is 23.5 Å². The highest BCUT2D eigenvalue weighted by molar-refractivity contribution is 5.85. The van der Waals surface area contributed by atoms with Crippen molar-refractivity contribution < 1.29 is 23.9 Å². The summed E-state index contributed by atoms with van der Waals surface area (Å²) in [6.07, 6.45) is 0.622. The molecule has 30 heavy (non-hydrogen) atoms. The maximum absolute atomic E-state index is 12.4. The highest BCUT2D eigenvalue weighted by atomic mass is 16.5. The number of rotatable bonds is 16. The van der Waals surface area contributed by atoms with Crippen molar-refractivity contribution in [1.82, 2.24) is 25.8 Å². The zero-order chi connectivity index (χ0) is 23.2. The molecule has 0 heterocycles. The Bertz CT molecular complexity index is 566. The molecule has 0 rings (SSSR count). The normalized spacial score (nSPS) is 11.5. The molecule has 0 bridgehead atoms. The standard InChI is InChI=1S/C20H39N5O5/c1-16(26)13-23-19(29)22-9-12-25(6)10-7-20(2,3)17(27)14-30-15-18(28)21-8-11-24(4)5/h7-15H2,1-6H3,(H,21,28)(H2,22,23,29). The van der Waals surface area contributed by atoms with E-state index in [1.165, 1.54) is 6.92 Å². The fraction of sp³-hybridized carbons (Fsp3) is 0.800. The molecule has 0 saturated heterocycles. The summed E-state index contributed by atoms with van der Waals surface area (Å²) >= 11 is 0. The predicted molar refractivity (Wildman–Crippen MR) is 115 cm³/mol. The first-order valence-corrected chi connectivity index (χ1v) is 10.2. The molecule has 10 nitrogen and oxygen atoms in total. The van der Waals surface area contributed by atoms with Crippen LogP contribution < -0.4 is 16.0 Å². The third-order valence-corrected chi connectivity index (χ3v) is 4.50. The summed E-state index contributed by atoms with van der Waals surface area (Å²) in [6.45, 7) is 7.89. The summed E-state index contributed by atoms with van der Waals surface area (Å²) in [5.41, 5.74) is -0.581. The van der Waals surface area contributed by atoms with Crippen molar-refractivity contribution in [2.45, 2.75) is 27.2 Å². The van der Waals surface area contributed by atoms with E-state index in [9.17, 15) is 19.2 Å². The summed E-state index contributed by atoms with van der Waals surface area (Å²) in [5, 5.41) is 7.87. The van der Waals surface area contributed by atoms with Gasteiger partial charge in [0.25, 0.3) is 0 Å². The number of likely N-dealkylation sites (N-methyl/N-ethyl adjacent to an activating group) is 2. The van der Waals surface area contributed by atoms with Crippen molar-refractivity contribution in [2.75, 3.05) is 73.6 Å². The van der Waals surface area contributed by atoms with Gasteiger partial charge < -0.3 is 30.5 Å². The molecule has 3 N–H and O–H groups in total. The van der Waals surface area contributed by atoms with E-state index in [4.69, 9.17) is 4.74 Å². The van der Waals surface area contributed by atoms with E-state index in [2.05, 4.69) is 16.0 Å². The van der Waals surface area contributed by atoms with Gasteiger partial charge in [-0.05, 0) is 41.0 Å². The van der Waals surface area contributed by atoms with Crippen LogP contribution in [0.15, 0.2) is 0 Å². The first kappa shape index (κ1) is 28.0. The molecule has 10 heteroatoms. The van der Waals surface area contributed by atoms with E-state index in [1.807, 2.05) is 44.8 Å². The van der Waals surface area contributed by atoms with Gasteiger partial charge in [-0.3, -0.25) is 14.4 Å². The third-order valence-electron chi connectivity index (χ3n) is 4.50. The molecule has 174 valence electrons. The van der Waals surface area contributed by atoms with Crippen LogP contribution in [0.5, 0.6) is 0 Å². The summed E-state index contributed by atoms with van der Waals surface area (Å²) in [5.74, 6) is -0.399. The van der Waals surface area contributed by atoms with Crippen LogP contribution in [0.1, 0.15) is 27.2 Å². The summed E-state index contributed by atoms with van der Waals surface area (Å²) in [4.78, 5) is 50.4. The van der Waals surface area contributed by atoms with Gasteiger partial charge in [0.1, 0.15) is 19.0 Å². The molecule has 3 amide bonds. The van der Waals surface area contributed by atoms with Gasteiger partial charge >= 0.3 is 6.03 Å². The minimum absolute atomic E-state index is 0.0117.